The van der Waals surface area contributed by atoms with E-state index in [2.05, 4.69) is 27.2 Å². The number of anilines is 2. The molecular weight excluding hydrogens is 226 g/mol. The molecule has 1 saturated heterocycles. The quantitative estimate of drug-likeness (QED) is 0.833. The van der Waals surface area contributed by atoms with Crippen LogP contribution in [0.1, 0.15) is 6.42 Å². The van der Waals surface area contributed by atoms with Crippen molar-refractivity contribution in [2.45, 2.75) is 12.5 Å². The summed E-state index contributed by atoms with van der Waals surface area (Å²) in [6, 6.07) is 8.18. The van der Waals surface area contributed by atoms with E-state index in [9.17, 15) is 0 Å². The van der Waals surface area contributed by atoms with Crippen molar-refractivity contribution in [1.29, 1.82) is 0 Å². The zero-order chi connectivity index (χ0) is 12.5. The largest absolute Gasteiger partial charge is 0.381 e. The Morgan fingerprint density at radius 1 is 1.28 bits per heavy atom. The maximum absolute atomic E-state index is 5.95. The Bertz CT molecular complexity index is 568. The molecule has 3 N–H and O–H groups in total. The molecule has 2 heterocycles. The summed E-state index contributed by atoms with van der Waals surface area (Å²) in [5.41, 5.74) is 7.66. The van der Waals surface area contributed by atoms with Crippen LogP contribution in [0.5, 0.6) is 0 Å². The van der Waals surface area contributed by atoms with Gasteiger partial charge in [-0.25, -0.2) is 9.97 Å². The number of nitrogens with two attached hydrogens (primary N) is 1. The van der Waals surface area contributed by atoms with Crippen molar-refractivity contribution >= 4 is 22.7 Å². The van der Waals surface area contributed by atoms with E-state index in [1.807, 2.05) is 24.3 Å². The number of hydrogen-bond donors (Lipinski definition) is 2. The van der Waals surface area contributed by atoms with Crippen LogP contribution < -0.4 is 11.1 Å². The van der Waals surface area contributed by atoms with Gasteiger partial charge in [-0.1, -0.05) is 12.1 Å². The molecule has 1 aliphatic rings. The normalized spacial score (nSPS) is 20.4. The third kappa shape index (κ3) is 2.09. The molecule has 5 heteroatoms. The minimum absolute atomic E-state index is 0.410. The highest BCUT2D eigenvalue weighted by Gasteiger charge is 2.20. The number of benzene rings is 1. The van der Waals surface area contributed by atoms with Gasteiger partial charge in [-0.05, 0) is 32.1 Å². The van der Waals surface area contributed by atoms with Crippen LogP contribution in [0.25, 0.3) is 11.0 Å². The van der Waals surface area contributed by atoms with Crippen molar-refractivity contribution < 1.29 is 0 Å². The lowest BCUT2D eigenvalue weighted by molar-refractivity contribution is 0.414. The second kappa shape index (κ2) is 4.42. The minimum atomic E-state index is 0.410. The van der Waals surface area contributed by atoms with Crippen LogP contribution in [0.3, 0.4) is 0 Å². The summed E-state index contributed by atoms with van der Waals surface area (Å²) >= 11 is 0. The lowest BCUT2D eigenvalue weighted by Gasteiger charge is -2.15. The molecule has 1 unspecified atom stereocenters. The molecule has 0 aliphatic carbocycles. The third-order valence-electron chi connectivity index (χ3n) is 3.33. The first-order valence-electron chi connectivity index (χ1n) is 6.20. The van der Waals surface area contributed by atoms with E-state index in [1.54, 1.807) is 0 Å². The summed E-state index contributed by atoms with van der Waals surface area (Å²) < 4.78 is 0. The average Bonchev–Trinajstić information content (AvgIpc) is 2.76. The summed E-state index contributed by atoms with van der Waals surface area (Å²) in [4.78, 5) is 11.2. The molecule has 1 aromatic carbocycles. The molecule has 0 bridgehead atoms. The summed E-state index contributed by atoms with van der Waals surface area (Å²) in [6.45, 7) is 2.13. The molecule has 0 saturated carbocycles. The third-order valence-corrected chi connectivity index (χ3v) is 3.33. The molecule has 1 atom stereocenters. The molecule has 3 rings (SSSR count). The van der Waals surface area contributed by atoms with E-state index < -0.39 is 0 Å². The Morgan fingerprint density at radius 3 is 2.67 bits per heavy atom. The number of hydrogen-bond acceptors (Lipinski definition) is 5. The lowest BCUT2D eigenvalue weighted by Crippen LogP contribution is -2.24. The Labute approximate surface area is 106 Å². The first kappa shape index (κ1) is 11.2. The smallest absolute Gasteiger partial charge is 0.169 e. The van der Waals surface area contributed by atoms with Gasteiger partial charge < -0.3 is 16.0 Å². The molecule has 0 amide bonds. The fraction of sp³-hybridized carbons (Fsp3) is 0.385. The van der Waals surface area contributed by atoms with Crippen LogP contribution in [-0.2, 0) is 0 Å². The Morgan fingerprint density at radius 2 is 2.00 bits per heavy atom. The van der Waals surface area contributed by atoms with Crippen LogP contribution >= 0.6 is 0 Å². The highest BCUT2D eigenvalue weighted by Crippen LogP contribution is 2.21. The van der Waals surface area contributed by atoms with E-state index >= 15 is 0 Å². The molecule has 1 aliphatic heterocycles. The number of fused-ring (bicyclic) bond motifs is 1. The van der Waals surface area contributed by atoms with Gasteiger partial charge in [-0.2, -0.15) is 0 Å². The number of nitrogen functional groups attached to an aromatic ring is 1. The fourth-order valence-electron chi connectivity index (χ4n) is 2.37. The van der Waals surface area contributed by atoms with Gasteiger partial charge in [0.25, 0.3) is 0 Å². The molecule has 18 heavy (non-hydrogen) atoms. The van der Waals surface area contributed by atoms with Crippen molar-refractivity contribution in [2.24, 2.45) is 0 Å². The maximum atomic E-state index is 5.95. The molecule has 5 nitrogen and oxygen atoms in total. The Kier molecular flexibility index (Phi) is 2.76. The maximum Gasteiger partial charge on any atom is 0.169 e. The first-order valence-corrected chi connectivity index (χ1v) is 6.20. The van der Waals surface area contributed by atoms with Gasteiger partial charge in [0.05, 0.1) is 11.0 Å². The first-order chi connectivity index (χ1) is 8.72. The van der Waals surface area contributed by atoms with Crippen molar-refractivity contribution in [2.75, 3.05) is 31.2 Å². The predicted molar refractivity (Wildman–Crippen MR) is 73.5 cm³/mol. The zero-order valence-corrected chi connectivity index (χ0v) is 10.4. The summed E-state index contributed by atoms with van der Waals surface area (Å²) in [6.07, 6.45) is 1.12. The topological polar surface area (TPSA) is 67.1 Å². The number of nitrogens with zero attached hydrogens (tertiary/aromatic N) is 3. The fourth-order valence-corrected chi connectivity index (χ4v) is 2.37. The summed E-state index contributed by atoms with van der Waals surface area (Å²) in [7, 11) is 2.12. The molecule has 2 aromatic rings. The van der Waals surface area contributed by atoms with Crippen LogP contribution in [0.4, 0.5) is 11.6 Å². The van der Waals surface area contributed by atoms with E-state index in [0.29, 0.717) is 17.7 Å². The Hall–Kier alpha value is -1.88. The van der Waals surface area contributed by atoms with Gasteiger partial charge >= 0.3 is 0 Å². The second-order valence-corrected chi connectivity index (χ2v) is 4.84. The van der Waals surface area contributed by atoms with Gasteiger partial charge in [0.15, 0.2) is 11.6 Å². The number of likely N-dealkylation sites (N-methyl/N-ethyl adjacent to an activating group) is 1. The number of aromatic nitrogens is 2. The van der Waals surface area contributed by atoms with Crippen LogP contribution in [0.2, 0.25) is 0 Å². The molecular formula is C13H17N5. The van der Waals surface area contributed by atoms with E-state index in [1.165, 1.54) is 0 Å². The standard InChI is InChI=1S/C13H17N5/c1-18-7-6-9(8-18)15-13-12(14)16-10-4-2-3-5-11(10)17-13/h2-5,9H,6-8H2,1H3,(H2,14,16)(H,15,17). The molecule has 0 radical (unpaired) electrons. The zero-order valence-electron chi connectivity index (χ0n) is 10.4. The molecule has 1 aromatic heterocycles. The number of rotatable bonds is 2. The minimum Gasteiger partial charge on any atom is -0.381 e. The van der Waals surface area contributed by atoms with E-state index in [0.717, 1.165) is 30.5 Å². The van der Waals surface area contributed by atoms with Crippen LogP contribution in [-0.4, -0.2) is 41.0 Å². The van der Waals surface area contributed by atoms with Gasteiger partial charge in [0.2, 0.25) is 0 Å². The predicted octanol–water partition coefficient (Wildman–Crippen LogP) is 1.33. The SMILES string of the molecule is CN1CCC(Nc2nc3ccccc3nc2N)C1. The number of para-hydroxylation sites is 2. The average molecular weight is 243 g/mol. The highest BCUT2D eigenvalue weighted by atomic mass is 15.2. The van der Waals surface area contributed by atoms with Crippen molar-refractivity contribution in [1.82, 2.24) is 14.9 Å². The van der Waals surface area contributed by atoms with E-state index in [4.69, 9.17) is 5.73 Å². The molecule has 94 valence electrons. The number of likely N-dealkylation sites (tertiary alicyclic amines) is 1. The van der Waals surface area contributed by atoms with Gasteiger partial charge in [0, 0.05) is 12.6 Å². The van der Waals surface area contributed by atoms with E-state index in [-0.39, 0.29) is 0 Å². The van der Waals surface area contributed by atoms with Gasteiger partial charge in [-0.15, -0.1) is 0 Å². The van der Waals surface area contributed by atoms with Crippen LogP contribution in [0, 0.1) is 0 Å². The van der Waals surface area contributed by atoms with Crippen molar-refractivity contribution in [3.8, 4) is 0 Å². The molecule has 0 spiro atoms. The van der Waals surface area contributed by atoms with Gasteiger partial charge in [0.1, 0.15) is 0 Å². The van der Waals surface area contributed by atoms with Crippen LogP contribution in [0.15, 0.2) is 24.3 Å². The van der Waals surface area contributed by atoms with Crippen molar-refractivity contribution in [3.05, 3.63) is 24.3 Å². The second-order valence-electron chi connectivity index (χ2n) is 4.84. The number of nitrogens with one attached hydrogen (secondary N) is 1. The van der Waals surface area contributed by atoms with Crippen molar-refractivity contribution in [3.63, 3.8) is 0 Å². The summed E-state index contributed by atoms with van der Waals surface area (Å²) in [5, 5.41) is 3.39. The van der Waals surface area contributed by atoms with Gasteiger partial charge in [-0.3, -0.25) is 0 Å². The summed E-state index contributed by atoms with van der Waals surface area (Å²) in [5.74, 6) is 1.18. The lowest BCUT2D eigenvalue weighted by atomic mass is 10.2. The highest BCUT2D eigenvalue weighted by molar-refractivity contribution is 5.79. The Balaban J connectivity index is 1.89. The monoisotopic (exact) mass is 243 g/mol. The molecule has 1 fully saturated rings.